The number of hydrogen-bond donors (Lipinski definition) is 1. The van der Waals surface area contributed by atoms with Crippen LogP contribution in [0, 0.1) is 0 Å². The Labute approximate surface area is 124 Å². The van der Waals surface area contributed by atoms with Gasteiger partial charge < -0.3 is 10.2 Å². The van der Waals surface area contributed by atoms with Gasteiger partial charge in [-0.3, -0.25) is 4.79 Å². The molecule has 1 aliphatic rings. The molecule has 1 saturated heterocycles. The van der Waals surface area contributed by atoms with Crippen LogP contribution in [0.25, 0.3) is 5.69 Å². The van der Waals surface area contributed by atoms with Crippen molar-refractivity contribution in [2.24, 2.45) is 0 Å². The number of carbonyl (C=O) groups excluding carboxylic acids is 1. The maximum atomic E-state index is 11.9. The minimum Gasteiger partial charge on any atom is -0.342 e. The summed E-state index contributed by atoms with van der Waals surface area (Å²) in [5.74, 6) is 0.209. The van der Waals surface area contributed by atoms with E-state index >= 15 is 0 Å². The van der Waals surface area contributed by atoms with Gasteiger partial charge in [-0.1, -0.05) is 12.1 Å². The fraction of sp³-hybridized carbons (Fsp3) is 0.375. The van der Waals surface area contributed by atoms with Crippen molar-refractivity contribution in [3.8, 4) is 5.69 Å². The van der Waals surface area contributed by atoms with E-state index in [-0.39, 0.29) is 5.91 Å². The lowest BCUT2D eigenvalue weighted by Gasteiger charge is -2.15. The summed E-state index contributed by atoms with van der Waals surface area (Å²) < 4.78 is 1.83. The zero-order valence-electron chi connectivity index (χ0n) is 12.0. The molecule has 1 aliphatic heterocycles. The molecule has 5 nitrogen and oxygen atoms in total. The van der Waals surface area contributed by atoms with Crippen molar-refractivity contribution in [2.75, 3.05) is 19.6 Å². The van der Waals surface area contributed by atoms with Crippen LogP contribution >= 0.6 is 0 Å². The van der Waals surface area contributed by atoms with Gasteiger partial charge in [0.1, 0.15) is 0 Å². The molecule has 5 heteroatoms. The second-order valence-corrected chi connectivity index (χ2v) is 5.31. The Morgan fingerprint density at radius 2 is 1.95 bits per heavy atom. The van der Waals surface area contributed by atoms with Gasteiger partial charge in [0.15, 0.2) is 0 Å². The van der Waals surface area contributed by atoms with Crippen molar-refractivity contribution in [1.82, 2.24) is 20.0 Å². The summed E-state index contributed by atoms with van der Waals surface area (Å²) in [5.41, 5.74) is 2.21. The first kappa shape index (κ1) is 13.8. The van der Waals surface area contributed by atoms with Crippen LogP contribution in [0.2, 0.25) is 0 Å². The predicted molar refractivity (Wildman–Crippen MR) is 81.1 cm³/mol. The Morgan fingerprint density at radius 1 is 1.19 bits per heavy atom. The van der Waals surface area contributed by atoms with E-state index < -0.39 is 0 Å². The number of nitrogens with zero attached hydrogens (tertiary/aromatic N) is 3. The Balaban J connectivity index is 1.48. The lowest BCUT2D eigenvalue weighted by atomic mass is 10.2. The molecule has 1 amide bonds. The van der Waals surface area contributed by atoms with E-state index in [1.807, 2.05) is 34.0 Å². The molecule has 2 heterocycles. The van der Waals surface area contributed by atoms with E-state index in [1.165, 1.54) is 5.56 Å². The molecule has 1 N–H and O–H groups in total. The molecule has 0 saturated carbocycles. The topological polar surface area (TPSA) is 50.2 Å². The van der Waals surface area contributed by atoms with Gasteiger partial charge in [0, 0.05) is 32.0 Å². The highest BCUT2D eigenvalue weighted by molar-refractivity contribution is 5.78. The molecule has 110 valence electrons. The number of nitrogens with one attached hydrogen (secondary N) is 1. The van der Waals surface area contributed by atoms with Crippen molar-refractivity contribution in [3.05, 3.63) is 48.3 Å². The zero-order chi connectivity index (χ0) is 14.5. The highest BCUT2D eigenvalue weighted by Gasteiger charge is 2.16. The fourth-order valence-corrected chi connectivity index (χ4v) is 2.58. The van der Waals surface area contributed by atoms with Crippen LogP contribution < -0.4 is 5.32 Å². The van der Waals surface area contributed by atoms with Crippen molar-refractivity contribution < 1.29 is 4.79 Å². The molecule has 2 aromatic rings. The molecule has 21 heavy (non-hydrogen) atoms. The van der Waals surface area contributed by atoms with E-state index in [0.29, 0.717) is 13.1 Å². The average molecular weight is 284 g/mol. The van der Waals surface area contributed by atoms with Crippen LogP contribution in [0.5, 0.6) is 0 Å². The summed E-state index contributed by atoms with van der Waals surface area (Å²) in [5, 5.41) is 7.42. The monoisotopic (exact) mass is 284 g/mol. The Hall–Kier alpha value is -2.14. The molecule has 0 spiro atoms. The summed E-state index contributed by atoms with van der Waals surface area (Å²) in [4.78, 5) is 13.8. The van der Waals surface area contributed by atoms with E-state index in [2.05, 4.69) is 22.5 Å². The molecule has 3 rings (SSSR count). The number of likely N-dealkylation sites (tertiary alicyclic amines) is 1. The number of hydrogen-bond acceptors (Lipinski definition) is 3. The second kappa shape index (κ2) is 6.54. The van der Waals surface area contributed by atoms with Crippen LogP contribution in [0.15, 0.2) is 42.7 Å². The lowest BCUT2D eigenvalue weighted by Crippen LogP contribution is -2.35. The third-order valence-corrected chi connectivity index (χ3v) is 3.77. The third kappa shape index (κ3) is 3.49. The summed E-state index contributed by atoms with van der Waals surface area (Å²) >= 11 is 0. The molecule has 1 aromatic heterocycles. The first-order valence-electron chi connectivity index (χ1n) is 7.40. The Morgan fingerprint density at radius 3 is 2.62 bits per heavy atom. The van der Waals surface area contributed by atoms with Gasteiger partial charge in [-0.05, 0) is 36.6 Å². The summed E-state index contributed by atoms with van der Waals surface area (Å²) in [6.07, 6.45) is 5.96. The summed E-state index contributed by atoms with van der Waals surface area (Å²) in [6, 6.07) is 10.1. The number of carbonyl (C=O) groups is 1. The van der Waals surface area contributed by atoms with Crippen LogP contribution in [0.4, 0.5) is 0 Å². The highest BCUT2D eigenvalue weighted by Crippen LogP contribution is 2.09. The van der Waals surface area contributed by atoms with Gasteiger partial charge in [0.25, 0.3) is 0 Å². The van der Waals surface area contributed by atoms with E-state index in [4.69, 9.17) is 0 Å². The maximum absolute atomic E-state index is 11.9. The van der Waals surface area contributed by atoms with Crippen molar-refractivity contribution >= 4 is 5.91 Å². The fourth-order valence-electron chi connectivity index (χ4n) is 2.58. The molecular weight excluding hydrogens is 264 g/mol. The molecule has 0 atom stereocenters. The van der Waals surface area contributed by atoms with Crippen LogP contribution in [0.3, 0.4) is 0 Å². The minimum absolute atomic E-state index is 0.209. The number of benzene rings is 1. The van der Waals surface area contributed by atoms with Gasteiger partial charge in [-0.25, -0.2) is 4.68 Å². The lowest BCUT2D eigenvalue weighted by molar-refractivity contribution is -0.129. The molecule has 0 bridgehead atoms. The largest absolute Gasteiger partial charge is 0.342 e. The minimum atomic E-state index is 0.209. The number of amides is 1. The molecule has 0 radical (unpaired) electrons. The van der Waals surface area contributed by atoms with Crippen molar-refractivity contribution in [1.29, 1.82) is 0 Å². The molecule has 1 fully saturated rings. The second-order valence-electron chi connectivity index (χ2n) is 5.31. The maximum Gasteiger partial charge on any atom is 0.236 e. The molecule has 0 aliphatic carbocycles. The molecule has 0 unspecified atom stereocenters. The van der Waals surface area contributed by atoms with Crippen LogP contribution in [-0.4, -0.2) is 40.2 Å². The highest BCUT2D eigenvalue weighted by atomic mass is 16.2. The zero-order valence-corrected chi connectivity index (χ0v) is 12.0. The van der Waals surface area contributed by atoms with Gasteiger partial charge in [0.05, 0.1) is 12.2 Å². The predicted octanol–water partition coefficient (Wildman–Crippen LogP) is 1.58. The Kier molecular flexibility index (Phi) is 4.31. The first-order valence-corrected chi connectivity index (χ1v) is 7.40. The normalized spacial score (nSPS) is 14.6. The van der Waals surface area contributed by atoms with Crippen molar-refractivity contribution in [2.45, 2.75) is 19.4 Å². The summed E-state index contributed by atoms with van der Waals surface area (Å²) in [6.45, 7) is 2.96. The van der Waals surface area contributed by atoms with Gasteiger partial charge >= 0.3 is 0 Å². The van der Waals surface area contributed by atoms with E-state index in [0.717, 1.165) is 31.6 Å². The van der Waals surface area contributed by atoms with Gasteiger partial charge in [-0.15, -0.1) is 0 Å². The molecular formula is C16H20N4O. The van der Waals surface area contributed by atoms with Crippen LogP contribution in [-0.2, 0) is 11.3 Å². The summed E-state index contributed by atoms with van der Waals surface area (Å²) in [7, 11) is 0. The Bertz CT molecular complexity index is 571. The van der Waals surface area contributed by atoms with E-state index in [1.54, 1.807) is 6.20 Å². The van der Waals surface area contributed by atoms with Gasteiger partial charge in [-0.2, -0.15) is 5.10 Å². The first-order chi connectivity index (χ1) is 10.3. The van der Waals surface area contributed by atoms with Gasteiger partial charge in [0.2, 0.25) is 5.91 Å². The molecule has 1 aromatic carbocycles. The van der Waals surface area contributed by atoms with Crippen molar-refractivity contribution in [3.63, 3.8) is 0 Å². The SMILES string of the molecule is O=C(CNCc1ccc(-n2cccn2)cc1)N1CCCC1. The quantitative estimate of drug-likeness (QED) is 0.907. The van der Waals surface area contributed by atoms with Crippen LogP contribution in [0.1, 0.15) is 18.4 Å². The smallest absolute Gasteiger partial charge is 0.236 e. The number of aromatic nitrogens is 2. The van der Waals surface area contributed by atoms with E-state index in [9.17, 15) is 4.79 Å². The number of rotatable bonds is 5. The standard InChI is InChI=1S/C16H20N4O/c21-16(19-9-1-2-10-19)13-17-12-14-4-6-15(7-5-14)20-11-3-8-18-20/h3-8,11,17H,1-2,9-10,12-13H2. The average Bonchev–Trinajstić information content (AvgIpc) is 3.21. The third-order valence-electron chi connectivity index (χ3n) is 3.77.